The molecule has 0 bridgehead atoms. The molecule has 0 unspecified atom stereocenters. The van der Waals surface area contributed by atoms with E-state index in [4.69, 9.17) is 0 Å². The van der Waals surface area contributed by atoms with E-state index in [0.29, 0.717) is 6.54 Å². The second-order valence-corrected chi connectivity index (χ2v) is 5.19. The second-order valence-electron chi connectivity index (χ2n) is 5.19. The average molecular weight is 234 g/mol. The van der Waals surface area contributed by atoms with Gasteiger partial charge in [-0.15, -0.1) is 0 Å². The van der Waals surface area contributed by atoms with Crippen LogP contribution < -0.4 is 10.6 Å². The molecule has 0 saturated carbocycles. The maximum absolute atomic E-state index is 12.1. The van der Waals surface area contributed by atoms with E-state index in [1.165, 1.54) is 5.56 Å². The van der Waals surface area contributed by atoms with Crippen molar-refractivity contribution in [3.8, 4) is 0 Å². The molecular formula is C14H22N2O. The maximum atomic E-state index is 12.1. The molecule has 0 atom stereocenters. The van der Waals surface area contributed by atoms with Crippen molar-refractivity contribution in [2.24, 2.45) is 5.41 Å². The van der Waals surface area contributed by atoms with Crippen molar-refractivity contribution in [1.29, 1.82) is 0 Å². The molecule has 1 aromatic rings. The zero-order chi connectivity index (χ0) is 13.1. The third-order valence-electron chi connectivity index (χ3n) is 2.86. The second kappa shape index (κ2) is 5.32. The van der Waals surface area contributed by atoms with Crippen LogP contribution in [0.4, 0.5) is 5.69 Å². The molecule has 0 radical (unpaired) electrons. The maximum Gasteiger partial charge on any atom is 0.231 e. The van der Waals surface area contributed by atoms with E-state index in [1.54, 1.807) is 0 Å². The molecule has 0 heterocycles. The molecule has 3 heteroatoms. The smallest absolute Gasteiger partial charge is 0.231 e. The summed E-state index contributed by atoms with van der Waals surface area (Å²) in [4.78, 5) is 12.1. The van der Waals surface area contributed by atoms with Gasteiger partial charge in [-0.1, -0.05) is 17.7 Å². The van der Waals surface area contributed by atoms with E-state index in [1.807, 2.05) is 46.9 Å². The Morgan fingerprint density at radius 2 is 1.94 bits per heavy atom. The number of carbonyl (C=O) groups is 1. The Kier molecular flexibility index (Phi) is 4.29. The quantitative estimate of drug-likeness (QED) is 0.840. The lowest BCUT2D eigenvalue weighted by molar-refractivity contribution is -0.123. The van der Waals surface area contributed by atoms with Crippen LogP contribution in [0.3, 0.4) is 0 Å². The summed E-state index contributed by atoms with van der Waals surface area (Å²) in [6, 6.07) is 6.03. The van der Waals surface area contributed by atoms with Gasteiger partial charge in [-0.2, -0.15) is 0 Å². The summed E-state index contributed by atoms with van der Waals surface area (Å²) in [6.45, 7) is 8.58. The Hall–Kier alpha value is -1.35. The minimum absolute atomic E-state index is 0.0406. The summed E-state index contributed by atoms with van der Waals surface area (Å²) in [5.41, 5.74) is 2.78. The third kappa shape index (κ3) is 3.56. The van der Waals surface area contributed by atoms with Gasteiger partial charge in [-0.25, -0.2) is 0 Å². The molecule has 94 valence electrons. The highest BCUT2D eigenvalue weighted by atomic mass is 16.2. The van der Waals surface area contributed by atoms with Gasteiger partial charge in [0.05, 0.1) is 5.41 Å². The van der Waals surface area contributed by atoms with Crippen LogP contribution in [0, 0.1) is 19.3 Å². The van der Waals surface area contributed by atoms with Gasteiger partial charge in [0.15, 0.2) is 0 Å². The van der Waals surface area contributed by atoms with Crippen LogP contribution in [0.1, 0.15) is 25.0 Å². The predicted molar refractivity (Wildman–Crippen MR) is 72.3 cm³/mol. The number of carbonyl (C=O) groups excluding carboxylic acids is 1. The molecule has 0 spiro atoms. The number of hydrogen-bond donors (Lipinski definition) is 2. The van der Waals surface area contributed by atoms with Crippen molar-refractivity contribution in [3.63, 3.8) is 0 Å². The van der Waals surface area contributed by atoms with Crippen LogP contribution >= 0.6 is 0 Å². The lowest BCUT2D eigenvalue weighted by atomic mass is 9.92. The molecule has 1 aromatic carbocycles. The summed E-state index contributed by atoms with van der Waals surface area (Å²) in [5, 5.41) is 6.02. The Morgan fingerprint density at radius 3 is 2.47 bits per heavy atom. The van der Waals surface area contributed by atoms with Crippen molar-refractivity contribution >= 4 is 11.6 Å². The molecule has 0 aromatic heterocycles. The number of rotatable bonds is 4. The van der Waals surface area contributed by atoms with Crippen molar-refractivity contribution in [2.75, 3.05) is 18.9 Å². The monoisotopic (exact) mass is 234 g/mol. The van der Waals surface area contributed by atoms with Gasteiger partial charge in [0.25, 0.3) is 0 Å². The van der Waals surface area contributed by atoms with E-state index in [2.05, 4.69) is 16.7 Å². The fourth-order valence-corrected chi connectivity index (χ4v) is 1.77. The third-order valence-corrected chi connectivity index (χ3v) is 2.86. The SMILES string of the molecule is CNCC(C)(C)C(=O)Nc1ccc(C)cc1C. The van der Waals surface area contributed by atoms with Gasteiger partial charge < -0.3 is 10.6 Å². The molecule has 0 aliphatic carbocycles. The standard InChI is InChI=1S/C14H22N2O/c1-10-6-7-12(11(2)8-10)16-13(17)14(3,4)9-15-5/h6-8,15H,9H2,1-5H3,(H,16,17). The summed E-state index contributed by atoms with van der Waals surface area (Å²) in [7, 11) is 1.85. The molecule has 0 aliphatic heterocycles. The van der Waals surface area contributed by atoms with Crippen LogP contribution in [-0.2, 0) is 4.79 Å². The first-order valence-corrected chi connectivity index (χ1v) is 5.90. The van der Waals surface area contributed by atoms with Crippen molar-refractivity contribution in [2.45, 2.75) is 27.7 Å². The van der Waals surface area contributed by atoms with Gasteiger partial charge in [-0.3, -0.25) is 4.79 Å². The van der Waals surface area contributed by atoms with Gasteiger partial charge in [0, 0.05) is 12.2 Å². The topological polar surface area (TPSA) is 41.1 Å². The van der Waals surface area contributed by atoms with Gasteiger partial charge >= 0.3 is 0 Å². The molecule has 0 saturated heterocycles. The summed E-state index contributed by atoms with van der Waals surface area (Å²) < 4.78 is 0. The van der Waals surface area contributed by atoms with Crippen molar-refractivity contribution < 1.29 is 4.79 Å². The van der Waals surface area contributed by atoms with Crippen LogP contribution in [0.5, 0.6) is 0 Å². The lowest BCUT2D eigenvalue weighted by Gasteiger charge is -2.23. The molecule has 1 amide bonds. The molecule has 0 fully saturated rings. The van der Waals surface area contributed by atoms with E-state index in [-0.39, 0.29) is 5.91 Å². The highest BCUT2D eigenvalue weighted by Crippen LogP contribution is 2.21. The van der Waals surface area contributed by atoms with Crippen LogP contribution in [0.25, 0.3) is 0 Å². The number of aryl methyl sites for hydroxylation is 2. The number of anilines is 1. The van der Waals surface area contributed by atoms with Crippen LogP contribution in [0.15, 0.2) is 18.2 Å². The van der Waals surface area contributed by atoms with Gasteiger partial charge in [0.1, 0.15) is 0 Å². The highest BCUT2D eigenvalue weighted by Gasteiger charge is 2.26. The normalized spacial score (nSPS) is 11.4. The Bertz CT molecular complexity index is 411. The average Bonchev–Trinajstić information content (AvgIpc) is 2.22. The first kappa shape index (κ1) is 13.7. The van der Waals surface area contributed by atoms with E-state index < -0.39 is 5.41 Å². The zero-order valence-electron chi connectivity index (χ0n) is 11.3. The number of hydrogen-bond acceptors (Lipinski definition) is 2. The van der Waals surface area contributed by atoms with Crippen LogP contribution in [-0.4, -0.2) is 19.5 Å². The first-order chi connectivity index (χ1) is 7.86. The fourth-order valence-electron chi connectivity index (χ4n) is 1.77. The van der Waals surface area contributed by atoms with E-state index >= 15 is 0 Å². The summed E-state index contributed by atoms with van der Waals surface area (Å²) in [6.07, 6.45) is 0. The number of amides is 1. The number of nitrogens with one attached hydrogen (secondary N) is 2. The summed E-state index contributed by atoms with van der Waals surface area (Å²) in [5.74, 6) is 0.0406. The molecule has 17 heavy (non-hydrogen) atoms. The lowest BCUT2D eigenvalue weighted by Crippen LogP contribution is -2.38. The van der Waals surface area contributed by atoms with Crippen LogP contribution in [0.2, 0.25) is 0 Å². The van der Waals surface area contributed by atoms with Gasteiger partial charge in [0.2, 0.25) is 5.91 Å². The fraction of sp³-hybridized carbons (Fsp3) is 0.500. The Balaban J connectivity index is 2.81. The Morgan fingerprint density at radius 1 is 1.29 bits per heavy atom. The molecule has 3 nitrogen and oxygen atoms in total. The molecule has 0 aliphatic rings. The van der Waals surface area contributed by atoms with E-state index in [0.717, 1.165) is 11.3 Å². The molecule has 2 N–H and O–H groups in total. The van der Waals surface area contributed by atoms with Crippen molar-refractivity contribution in [3.05, 3.63) is 29.3 Å². The minimum atomic E-state index is -0.411. The van der Waals surface area contributed by atoms with Crippen molar-refractivity contribution in [1.82, 2.24) is 5.32 Å². The predicted octanol–water partition coefficient (Wildman–Crippen LogP) is 2.49. The minimum Gasteiger partial charge on any atom is -0.325 e. The Labute approximate surface area is 104 Å². The van der Waals surface area contributed by atoms with E-state index in [9.17, 15) is 4.79 Å². The zero-order valence-corrected chi connectivity index (χ0v) is 11.3. The van der Waals surface area contributed by atoms with Gasteiger partial charge in [-0.05, 0) is 46.4 Å². The first-order valence-electron chi connectivity index (χ1n) is 5.90. The highest BCUT2D eigenvalue weighted by molar-refractivity contribution is 5.95. The largest absolute Gasteiger partial charge is 0.325 e. The molecule has 1 rings (SSSR count). The molecular weight excluding hydrogens is 212 g/mol. The number of benzene rings is 1. The summed E-state index contributed by atoms with van der Waals surface area (Å²) >= 11 is 0.